The summed E-state index contributed by atoms with van der Waals surface area (Å²) in [6.45, 7) is 1.07. The SMILES string of the molecule is CC(O)(CS(=O)(=O)c1ccc(F)cc1)Nc1ccc(NC(=O)CBr)c(C(F)(F)F)c1. The standard InChI is InChI=1S/C18H17BrF4N2O4S/c1-17(27,10-30(28,29)13-5-2-11(20)3-6-13)25-12-4-7-15(24-16(26)9-19)14(8-12)18(21,22)23/h2-8,25,27H,9-10H2,1H3,(H,24,26). The molecule has 2 rings (SSSR count). The van der Waals surface area contributed by atoms with Crippen molar-refractivity contribution in [3.05, 3.63) is 53.8 Å². The fraction of sp³-hybridized carbons (Fsp3) is 0.278. The van der Waals surface area contributed by atoms with Crippen molar-refractivity contribution in [3.8, 4) is 0 Å². The maximum absolute atomic E-state index is 13.4. The van der Waals surface area contributed by atoms with Gasteiger partial charge in [-0.05, 0) is 49.4 Å². The first-order valence-corrected chi connectivity index (χ1v) is 11.1. The molecule has 3 N–H and O–H groups in total. The van der Waals surface area contributed by atoms with Crippen molar-refractivity contribution in [3.63, 3.8) is 0 Å². The molecule has 0 saturated heterocycles. The third-order valence-corrected chi connectivity index (χ3v) is 6.22. The average molecular weight is 513 g/mol. The summed E-state index contributed by atoms with van der Waals surface area (Å²) in [5.41, 5.74) is -4.05. The van der Waals surface area contributed by atoms with Crippen LogP contribution in [0.25, 0.3) is 0 Å². The van der Waals surface area contributed by atoms with E-state index in [9.17, 15) is 35.9 Å². The zero-order valence-electron chi connectivity index (χ0n) is 15.4. The average Bonchev–Trinajstić information content (AvgIpc) is 2.61. The fourth-order valence-electron chi connectivity index (χ4n) is 2.59. The van der Waals surface area contributed by atoms with Gasteiger partial charge >= 0.3 is 6.18 Å². The van der Waals surface area contributed by atoms with Gasteiger partial charge in [-0.3, -0.25) is 4.79 Å². The van der Waals surface area contributed by atoms with Crippen molar-refractivity contribution >= 4 is 43.0 Å². The lowest BCUT2D eigenvalue weighted by Gasteiger charge is -2.26. The van der Waals surface area contributed by atoms with Crippen LogP contribution < -0.4 is 10.6 Å². The number of halogens is 5. The summed E-state index contributed by atoms with van der Waals surface area (Å²) in [6, 6.07) is 6.68. The van der Waals surface area contributed by atoms with Crippen molar-refractivity contribution < 1.29 is 35.9 Å². The van der Waals surface area contributed by atoms with Crippen molar-refractivity contribution in [2.45, 2.75) is 23.7 Å². The Labute approximate surface area is 178 Å². The van der Waals surface area contributed by atoms with E-state index in [4.69, 9.17) is 0 Å². The van der Waals surface area contributed by atoms with Gasteiger partial charge in [-0.1, -0.05) is 15.9 Å². The molecule has 0 spiro atoms. The first-order valence-electron chi connectivity index (χ1n) is 8.29. The van der Waals surface area contributed by atoms with Crippen LogP contribution in [0.5, 0.6) is 0 Å². The second-order valence-electron chi connectivity index (χ2n) is 6.55. The molecule has 0 aromatic heterocycles. The molecule has 6 nitrogen and oxygen atoms in total. The lowest BCUT2D eigenvalue weighted by Crippen LogP contribution is -2.41. The summed E-state index contributed by atoms with van der Waals surface area (Å²) in [6.07, 6.45) is -4.82. The number of benzene rings is 2. The van der Waals surface area contributed by atoms with Gasteiger partial charge in [-0.2, -0.15) is 13.2 Å². The Bertz CT molecular complexity index is 1030. The Balaban J connectivity index is 2.29. The minimum atomic E-state index is -4.82. The number of sulfone groups is 1. The molecule has 12 heteroatoms. The van der Waals surface area contributed by atoms with Crippen LogP contribution in [0.1, 0.15) is 12.5 Å². The zero-order chi connectivity index (χ0) is 22.7. The number of anilines is 2. The van der Waals surface area contributed by atoms with Crippen LogP contribution in [-0.2, 0) is 20.8 Å². The van der Waals surface area contributed by atoms with Crippen molar-refractivity contribution in [2.75, 3.05) is 21.7 Å². The number of hydrogen-bond acceptors (Lipinski definition) is 5. The van der Waals surface area contributed by atoms with Crippen LogP contribution in [0.3, 0.4) is 0 Å². The Morgan fingerprint density at radius 3 is 2.27 bits per heavy atom. The number of carbonyl (C=O) groups excluding carboxylic acids is 1. The number of alkyl halides is 4. The minimum absolute atomic E-state index is 0.208. The van der Waals surface area contributed by atoms with E-state index in [1.807, 2.05) is 0 Å². The van der Waals surface area contributed by atoms with Crippen LogP contribution in [-0.4, -0.2) is 36.2 Å². The van der Waals surface area contributed by atoms with Gasteiger partial charge in [-0.15, -0.1) is 0 Å². The molecule has 0 fully saturated rings. The number of hydrogen-bond donors (Lipinski definition) is 3. The monoisotopic (exact) mass is 512 g/mol. The molecule has 1 amide bonds. The second-order valence-corrected chi connectivity index (χ2v) is 9.10. The Morgan fingerprint density at radius 2 is 1.73 bits per heavy atom. The fourth-order valence-corrected chi connectivity index (χ4v) is 4.26. The van der Waals surface area contributed by atoms with Gasteiger partial charge in [0.2, 0.25) is 5.91 Å². The molecule has 30 heavy (non-hydrogen) atoms. The molecule has 1 atom stereocenters. The van der Waals surface area contributed by atoms with Crippen molar-refractivity contribution in [1.82, 2.24) is 0 Å². The van der Waals surface area contributed by atoms with E-state index in [0.29, 0.717) is 6.07 Å². The molecular weight excluding hydrogens is 496 g/mol. The molecule has 2 aromatic rings. The van der Waals surface area contributed by atoms with Gasteiger partial charge in [0.25, 0.3) is 0 Å². The van der Waals surface area contributed by atoms with E-state index in [2.05, 4.69) is 26.6 Å². The molecule has 0 aliphatic rings. The number of carbonyl (C=O) groups is 1. The molecule has 164 valence electrons. The normalized spacial score (nSPS) is 14.1. The smallest absolute Gasteiger partial charge is 0.370 e. The minimum Gasteiger partial charge on any atom is -0.370 e. The third-order valence-electron chi connectivity index (χ3n) is 3.78. The summed E-state index contributed by atoms with van der Waals surface area (Å²) >= 11 is 2.84. The van der Waals surface area contributed by atoms with Crippen LogP contribution in [0.2, 0.25) is 0 Å². The predicted octanol–water partition coefficient (Wildman–Crippen LogP) is 3.77. The van der Waals surface area contributed by atoms with E-state index in [-0.39, 0.29) is 15.9 Å². The molecular formula is C18H17BrF4N2O4S. The molecule has 0 aliphatic carbocycles. The molecule has 0 bridgehead atoms. The van der Waals surface area contributed by atoms with E-state index in [1.165, 1.54) is 0 Å². The van der Waals surface area contributed by atoms with Gasteiger partial charge in [-0.25, -0.2) is 12.8 Å². The van der Waals surface area contributed by atoms with Crippen LogP contribution in [0.4, 0.5) is 28.9 Å². The number of rotatable bonds is 7. The van der Waals surface area contributed by atoms with Gasteiger partial charge in [0.15, 0.2) is 9.84 Å². The highest BCUT2D eigenvalue weighted by Gasteiger charge is 2.35. The molecule has 1 unspecified atom stereocenters. The second kappa shape index (κ2) is 8.90. The highest BCUT2D eigenvalue weighted by atomic mass is 79.9. The van der Waals surface area contributed by atoms with Gasteiger partial charge in [0, 0.05) is 5.69 Å². The lowest BCUT2D eigenvalue weighted by atomic mass is 10.1. The summed E-state index contributed by atoms with van der Waals surface area (Å²) in [4.78, 5) is 11.2. The van der Waals surface area contributed by atoms with Crippen LogP contribution in [0, 0.1) is 5.82 Å². The van der Waals surface area contributed by atoms with E-state index >= 15 is 0 Å². The van der Waals surface area contributed by atoms with E-state index in [0.717, 1.165) is 43.3 Å². The topological polar surface area (TPSA) is 95.5 Å². The lowest BCUT2D eigenvalue weighted by molar-refractivity contribution is -0.136. The summed E-state index contributed by atoms with van der Waals surface area (Å²) in [5.74, 6) is -2.24. The Kier molecular flexibility index (Phi) is 7.15. The van der Waals surface area contributed by atoms with E-state index in [1.54, 1.807) is 0 Å². The summed E-state index contributed by atoms with van der Waals surface area (Å²) in [5, 5.41) is 14.7. The number of nitrogens with one attached hydrogen (secondary N) is 2. The number of aliphatic hydroxyl groups is 1. The van der Waals surface area contributed by atoms with Crippen LogP contribution in [0.15, 0.2) is 47.4 Å². The van der Waals surface area contributed by atoms with E-state index < -0.39 is 50.5 Å². The highest BCUT2D eigenvalue weighted by Crippen LogP contribution is 2.37. The van der Waals surface area contributed by atoms with Gasteiger partial charge in [0.1, 0.15) is 17.3 Å². The third kappa shape index (κ3) is 6.41. The maximum atomic E-state index is 13.4. The summed E-state index contributed by atoms with van der Waals surface area (Å²) < 4.78 is 77.9. The first-order chi connectivity index (χ1) is 13.7. The Hall–Kier alpha value is -2.18. The molecule has 0 radical (unpaired) electrons. The van der Waals surface area contributed by atoms with Crippen molar-refractivity contribution in [2.24, 2.45) is 0 Å². The molecule has 0 saturated carbocycles. The first kappa shape index (κ1) is 24.1. The predicted molar refractivity (Wildman–Crippen MR) is 107 cm³/mol. The highest BCUT2D eigenvalue weighted by molar-refractivity contribution is 9.09. The molecule has 0 heterocycles. The quantitative estimate of drug-likeness (QED) is 0.227. The zero-order valence-corrected chi connectivity index (χ0v) is 17.8. The largest absolute Gasteiger partial charge is 0.418 e. The maximum Gasteiger partial charge on any atom is 0.418 e. The van der Waals surface area contributed by atoms with Crippen LogP contribution >= 0.6 is 15.9 Å². The summed E-state index contributed by atoms with van der Waals surface area (Å²) in [7, 11) is -4.08. The molecule has 0 aliphatic heterocycles. The number of amides is 1. The van der Waals surface area contributed by atoms with Gasteiger partial charge < -0.3 is 15.7 Å². The Morgan fingerprint density at radius 1 is 1.13 bits per heavy atom. The molecule has 2 aromatic carbocycles. The van der Waals surface area contributed by atoms with Crippen molar-refractivity contribution in [1.29, 1.82) is 0 Å². The van der Waals surface area contributed by atoms with Gasteiger partial charge in [0.05, 0.1) is 21.5 Å².